The van der Waals surface area contributed by atoms with Crippen LogP contribution in [-0.4, -0.2) is 18.4 Å². The molecule has 4 aromatic heterocycles. The second kappa shape index (κ2) is 20.6. The summed E-state index contributed by atoms with van der Waals surface area (Å²) in [4.78, 5) is 0. The molecule has 88 heavy (non-hydrogen) atoms. The van der Waals surface area contributed by atoms with Crippen LogP contribution in [0.15, 0.2) is 292 Å². The van der Waals surface area contributed by atoms with Gasteiger partial charge in [-0.1, -0.05) is 210 Å². The van der Waals surface area contributed by atoms with Crippen molar-refractivity contribution in [2.45, 2.75) is 0 Å². The van der Waals surface area contributed by atoms with Crippen molar-refractivity contribution < 1.29 is 18.1 Å². The fraction of sp³-hybridized carbons (Fsp3) is 0. The molecule has 2 N–H and O–H groups in total. The third kappa shape index (κ3) is 7.82. The van der Waals surface area contributed by atoms with Crippen molar-refractivity contribution in [3.05, 3.63) is 284 Å². The number of para-hydroxylation sites is 2. The lowest BCUT2D eigenvalue weighted by atomic mass is 9.93. The van der Waals surface area contributed by atoms with E-state index in [4.69, 9.17) is 13.0 Å². The highest BCUT2D eigenvalue weighted by Crippen LogP contribution is 2.52. The summed E-state index contributed by atoms with van der Waals surface area (Å²) >= 11 is 5.60. The zero-order valence-corrected chi connectivity index (χ0v) is 50.1. The maximum absolute atomic E-state index is 9.70. The van der Waals surface area contributed by atoms with Crippen molar-refractivity contribution in [2.24, 2.45) is 0 Å². The molecule has 0 saturated carbocycles. The Morgan fingerprint density at radius 1 is 0.273 bits per heavy atom. The van der Waals surface area contributed by atoms with Crippen molar-refractivity contribution in [3.8, 4) is 72.8 Å². The van der Waals surface area contributed by atoms with Crippen molar-refractivity contribution in [3.63, 3.8) is 0 Å². The number of benzene rings is 14. The van der Waals surface area contributed by atoms with Crippen LogP contribution in [0.25, 0.3) is 176 Å². The topological polar surface area (TPSA) is 76.6 Å². The summed E-state index contributed by atoms with van der Waals surface area (Å²) < 4.78 is 24.6. The largest absolute Gasteiger partial charge is 0.507 e. The number of furan rings is 2. The minimum absolute atomic E-state index is 0.271. The van der Waals surface area contributed by atoms with Crippen LogP contribution >= 0.6 is 32.2 Å². The van der Waals surface area contributed by atoms with Crippen LogP contribution in [0.5, 0.6) is 5.75 Å². The predicted octanol–water partition coefficient (Wildman–Crippen LogP) is 23.1. The van der Waals surface area contributed by atoms with Crippen LogP contribution < -0.4 is 0 Å². The van der Waals surface area contributed by atoms with Gasteiger partial charge >= 0.3 is 0 Å². The second-order valence-corrected chi connectivity index (χ2v) is 23.4. The van der Waals surface area contributed by atoms with Crippen LogP contribution in [0, 0.1) is 0 Å². The second-order valence-electron chi connectivity index (χ2n) is 22.4. The lowest BCUT2D eigenvalue weighted by Crippen LogP contribution is -1.95. The van der Waals surface area contributed by atoms with Gasteiger partial charge in [-0.3, -0.25) is 0 Å². The highest BCUT2D eigenvalue weighted by atomic mass is 79.9. The van der Waals surface area contributed by atoms with E-state index in [0.29, 0.717) is 0 Å². The molecule has 0 unspecified atom stereocenters. The fourth-order valence-corrected chi connectivity index (χ4v) is 14.8. The van der Waals surface area contributed by atoms with E-state index >= 15 is 0 Å². The molecule has 6 nitrogen and oxygen atoms in total. The highest BCUT2D eigenvalue weighted by Gasteiger charge is 2.27. The number of rotatable bonds is 3. The number of hydrogen-bond donors (Lipinski definition) is 2. The van der Waals surface area contributed by atoms with Crippen LogP contribution in [-0.2, 0) is 0 Å². The van der Waals surface area contributed by atoms with E-state index in [0.717, 1.165) is 54.0 Å². The number of phenols is 1. The van der Waals surface area contributed by atoms with Crippen LogP contribution in [0.2, 0.25) is 0 Å². The van der Waals surface area contributed by atoms with Crippen molar-refractivity contribution in [2.75, 3.05) is 0 Å². The summed E-state index contributed by atoms with van der Waals surface area (Å²) in [6.45, 7) is 0. The number of aromatic hydroxyl groups is 1. The van der Waals surface area contributed by atoms with Gasteiger partial charge in [-0.2, -0.15) is 0 Å². The standard InChI is InChI=1S/C40H23NO.C28H16BrN.C12H8O2.BrHO/c1-2-13-29-28(12-1)30-16-6-9-24-21-22-34-40(37(24)30)39-31(29)17-7-18-33(39)41(34)26-11-5-10-25(23-26)27-15-8-20-36-38(27)32-14-3-4-19-35(32)42-36;29-18-7-4-8-19(16-18)30-24-13-5-12-23-21-10-2-1-9-20(21)22-11-3-6-17-14-15-25(30)28(26(17)22)27(23)24;13-9-5-3-7-11-12(9)8-4-1-2-6-10(8)14-11;1-2/h1-23H;1-16H;1-7,13H;2H. The van der Waals surface area contributed by atoms with Gasteiger partial charge in [-0.25, -0.2) is 0 Å². The molecule has 4 heterocycles. The Bertz CT molecular complexity index is 5900. The molecule has 0 spiro atoms. The summed E-state index contributed by atoms with van der Waals surface area (Å²) in [5.74, 6) is 0.271. The lowest BCUT2D eigenvalue weighted by Gasteiger charge is -2.14. The average Bonchev–Trinajstić information content (AvgIpc) is 1.60. The number of nitrogens with zero attached hydrogens (tertiary/aromatic N) is 2. The quantitative estimate of drug-likeness (QED) is 0.185. The molecule has 18 aromatic rings. The predicted molar refractivity (Wildman–Crippen MR) is 372 cm³/mol. The van der Waals surface area contributed by atoms with E-state index in [1.807, 2.05) is 58.7 Å². The number of fused-ring (bicyclic) bond motifs is 12. The monoisotopic (exact) mass is 1260 g/mol. The molecule has 0 fully saturated rings. The van der Waals surface area contributed by atoms with E-state index in [-0.39, 0.29) is 5.75 Å². The van der Waals surface area contributed by atoms with Gasteiger partial charge in [0.15, 0.2) is 0 Å². The molecule has 0 atom stereocenters. The normalized spacial score (nSPS) is 11.9. The van der Waals surface area contributed by atoms with Crippen LogP contribution in [0.3, 0.4) is 0 Å². The molecule has 0 amide bonds. The molecule has 20 rings (SSSR count). The van der Waals surface area contributed by atoms with Gasteiger partial charge < -0.3 is 27.3 Å². The highest BCUT2D eigenvalue weighted by molar-refractivity contribution is 9.10. The minimum Gasteiger partial charge on any atom is -0.507 e. The number of hydrogen-bond acceptors (Lipinski definition) is 4. The van der Waals surface area contributed by atoms with E-state index in [2.05, 4.69) is 250 Å². The Morgan fingerprint density at radius 2 is 0.659 bits per heavy atom. The summed E-state index contributed by atoms with van der Waals surface area (Å²) in [5, 5.41) is 24.4. The Hall–Kier alpha value is -10.5. The molecule has 0 saturated heterocycles. The molecule has 0 bridgehead atoms. The first-order chi connectivity index (χ1) is 43.5. The summed E-state index contributed by atoms with van der Waals surface area (Å²) in [6.07, 6.45) is 0. The smallest absolute Gasteiger partial charge is 0.139 e. The number of halogens is 2. The molecule has 14 aromatic carbocycles. The van der Waals surface area contributed by atoms with Crippen LogP contribution in [0.4, 0.5) is 0 Å². The van der Waals surface area contributed by atoms with E-state index in [1.165, 1.54) is 126 Å². The first kappa shape index (κ1) is 51.9. The summed E-state index contributed by atoms with van der Waals surface area (Å²) in [7, 11) is 0. The fourth-order valence-electron chi connectivity index (χ4n) is 14.4. The molecular formula is C80H48Br2N2O4. The van der Waals surface area contributed by atoms with Crippen molar-refractivity contribution >= 4 is 141 Å². The third-order valence-electron chi connectivity index (χ3n) is 17.9. The van der Waals surface area contributed by atoms with Gasteiger partial charge in [0.1, 0.15) is 28.1 Å². The molecule has 8 heteroatoms. The zero-order chi connectivity index (χ0) is 58.7. The van der Waals surface area contributed by atoms with E-state index < -0.39 is 0 Å². The Labute approximate surface area is 521 Å². The van der Waals surface area contributed by atoms with Gasteiger partial charge in [-0.15, -0.1) is 0 Å². The maximum Gasteiger partial charge on any atom is 0.139 e. The molecule has 0 radical (unpaired) electrons. The number of phenolic OH excluding ortho intramolecular Hbond substituents is 1. The van der Waals surface area contributed by atoms with Crippen LogP contribution in [0.1, 0.15) is 0 Å². The lowest BCUT2D eigenvalue weighted by molar-refractivity contribution is 0.481. The van der Waals surface area contributed by atoms with Gasteiger partial charge in [0.25, 0.3) is 0 Å². The molecule has 416 valence electrons. The summed E-state index contributed by atoms with van der Waals surface area (Å²) in [6, 6.07) is 98.9. The van der Waals surface area contributed by atoms with Gasteiger partial charge in [-0.05, 0) is 162 Å². The average molecular weight is 1260 g/mol. The Kier molecular flexibility index (Phi) is 12.2. The van der Waals surface area contributed by atoms with Gasteiger partial charge in [0.2, 0.25) is 0 Å². The van der Waals surface area contributed by atoms with Gasteiger partial charge in [0, 0.05) is 53.6 Å². The molecule has 0 aliphatic heterocycles. The minimum atomic E-state index is 0.271. The molecular weight excluding hydrogens is 1210 g/mol. The third-order valence-corrected chi connectivity index (χ3v) is 18.4. The Morgan fingerprint density at radius 3 is 1.20 bits per heavy atom. The number of aromatic nitrogens is 2. The van der Waals surface area contributed by atoms with E-state index in [1.54, 1.807) is 12.1 Å². The SMILES string of the molecule is Brc1cccc(-n2c3cccc4c3c3c5c(cccc5ccc32)-c2ccccc2-4)c1.OBr.Oc1cccc2oc3ccccc3c12.c1cc(-c2cccc3oc4ccccc4c23)cc(-n2c3cccc4c3c3c5c(cccc5ccc32)-c2ccccc2-4)c1. The maximum atomic E-state index is 9.70. The summed E-state index contributed by atoms with van der Waals surface area (Å²) in [5.41, 5.74) is 23.5. The van der Waals surface area contributed by atoms with Crippen molar-refractivity contribution in [1.29, 1.82) is 0 Å². The Balaban J connectivity index is 0.000000113. The van der Waals surface area contributed by atoms with E-state index in [9.17, 15) is 5.11 Å². The zero-order valence-electron chi connectivity index (χ0n) is 46.9. The first-order valence-corrected chi connectivity index (χ1v) is 30.7. The first-order valence-electron chi connectivity index (χ1n) is 29.2. The van der Waals surface area contributed by atoms with Crippen molar-refractivity contribution in [1.82, 2.24) is 9.13 Å². The van der Waals surface area contributed by atoms with Gasteiger partial charge in [0.05, 0.1) is 43.7 Å². The molecule has 2 aliphatic rings. The molecule has 2 aliphatic carbocycles.